The summed E-state index contributed by atoms with van der Waals surface area (Å²) in [6.07, 6.45) is 7.77. The Morgan fingerprint density at radius 2 is 1.96 bits per heavy atom. The average Bonchev–Trinajstić information content (AvgIpc) is 3.36. The van der Waals surface area contributed by atoms with E-state index in [1.807, 2.05) is 35.4 Å². The molecule has 1 saturated heterocycles. The average molecular weight is 368 g/mol. The van der Waals surface area contributed by atoms with Gasteiger partial charge >= 0.3 is 0 Å². The van der Waals surface area contributed by atoms with Crippen molar-refractivity contribution in [3.05, 3.63) is 42.2 Å². The fraction of sp³-hybridized carbons (Fsp3) is 0.524. The van der Waals surface area contributed by atoms with Gasteiger partial charge in [0.1, 0.15) is 5.75 Å². The Balaban J connectivity index is 1.43. The molecule has 2 N–H and O–H groups in total. The fourth-order valence-electron chi connectivity index (χ4n) is 4.87. The number of methoxy groups -OCH3 is 1. The summed E-state index contributed by atoms with van der Waals surface area (Å²) in [6.45, 7) is 2.40. The van der Waals surface area contributed by atoms with Gasteiger partial charge < -0.3 is 15.4 Å². The van der Waals surface area contributed by atoms with E-state index in [9.17, 15) is 4.79 Å². The molecular weight excluding hydrogens is 340 g/mol. The minimum absolute atomic E-state index is 0.0272. The van der Waals surface area contributed by atoms with E-state index in [0.29, 0.717) is 17.0 Å². The quantitative estimate of drug-likeness (QED) is 0.901. The van der Waals surface area contributed by atoms with Crippen LogP contribution in [-0.4, -0.2) is 47.3 Å². The van der Waals surface area contributed by atoms with Crippen LogP contribution in [-0.2, 0) is 0 Å². The summed E-state index contributed by atoms with van der Waals surface area (Å²) in [5, 5.41) is 4.50. The number of aromatic nitrogens is 2. The van der Waals surface area contributed by atoms with E-state index in [-0.39, 0.29) is 5.91 Å². The molecule has 2 aliphatic rings. The molecule has 4 rings (SSSR count). The molecule has 1 aliphatic heterocycles. The van der Waals surface area contributed by atoms with Crippen LogP contribution in [0.25, 0.3) is 5.69 Å². The van der Waals surface area contributed by atoms with E-state index in [2.05, 4.69) is 5.10 Å². The summed E-state index contributed by atoms with van der Waals surface area (Å²) in [5.74, 6) is 1.45. The van der Waals surface area contributed by atoms with Gasteiger partial charge in [-0.25, -0.2) is 4.68 Å². The molecule has 1 spiro atoms. The van der Waals surface area contributed by atoms with E-state index >= 15 is 0 Å². The fourth-order valence-corrected chi connectivity index (χ4v) is 4.87. The van der Waals surface area contributed by atoms with E-state index in [0.717, 1.165) is 43.9 Å². The van der Waals surface area contributed by atoms with Crippen LogP contribution < -0.4 is 10.5 Å². The van der Waals surface area contributed by atoms with Gasteiger partial charge in [-0.3, -0.25) is 4.79 Å². The molecule has 1 saturated carbocycles. The maximum atomic E-state index is 12.9. The molecule has 1 aliphatic carbocycles. The SMILES string of the molecule is COc1ccc(-n2ccc(C(=O)N3CCC4(CCCC4CN)CC3)n2)cc1. The van der Waals surface area contributed by atoms with Gasteiger partial charge in [0.15, 0.2) is 5.69 Å². The van der Waals surface area contributed by atoms with Crippen LogP contribution in [0.2, 0.25) is 0 Å². The van der Waals surface area contributed by atoms with Crippen molar-refractivity contribution < 1.29 is 9.53 Å². The number of nitrogens with two attached hydrogens (primary N) is 1. The molecule has 0 bridgehead atoms. The molecule has 6 nitrogen and oxygen atoms in total. The minimum Gasteiger partial charge on any atom is -0.497 e. The van der Waals surface area contributed by atoms with Crippen molar-refractivity contribution in [1.82, 2.24) is 14.7 Å². The number of carbonyl (C=O) groups excluding carboxylic acids is 1. The van der Waals surface area contributed by atoms with E-state index in [1.165, 1.54) is 19.3 Å². The smallest absolute Gasteiger partial charge is 0.274 e. The lowest BCUT2D eigenvalue weighted by molar-refractivity contribution is 0.0477. The Morgan fingerprint density at radius 1 is 1.22 bits per heavy atom. The molecule has 1 aromatic heterocycles. The maximum absolute atomic E-state index is 12.9. The predicted molar refractivity (Wildman–Crippen MR) is 104 cm³/mol. The van der Waals surface area contributed by atoms with Crippen LogP contribution in [0.15, 0.2) is 36.5 Å². The van der Waals surface area contributed by atoms with Crippen molar-refractivity contribution in [3.63, 3.8) is 0 Å². The van der Waals surface area contributed by atoms with Crippen molar-refractivity contribution in [2.45, 2.75) is 32.1 Å². The molecule has 1 amide bonds. The minimum atomic E-state index is 0.0272. The van der Waals surface area contributed by atoms with Crippen molar-refractivity contribution in [1.29, 1.82) is 0 Å². The number of likely N-dealkylation sites (tertiary alicyclic amines) is 1. The van der Waals surface area contributed by atoms with Gasteiger partial charge in [0.05, 0.1) is 12.8 Å². The first-order chi connectivity index (χ1) is 13.1. The first kappa shape index (κ1) is 18.0. The lowest BCUT2D eigenvalue weighted by Gasteiger charge is -2.43. The number of hydrogen-bond donors (Lipinski definition) is 1. The molecule has 2 heterocycles. The first-order valence-corrected chi connectivity index (χ1v) is 9.85. The normalized spacial score (nSPS) is 21.6. The first-order valence-electron chi connectivity index (χ1n) is 9.85. The second kappa shape index (κ2) is 7.35. The van der Waals surface area contributed by atoms with Crippen molar-refractivity contribution in [2.24, 2.45) is 17.1 Å². The zero-order valence-electron chi connectivity index (χ0n) is 15.9. The summed E-state index contributed by atoms with van der Waals surface area (Å²) < 4.78 is 6.92. The second-order valence-electron chi connectivity index (χ2n) is 7.82. The standard InChI is InChI=1S/C21H28N4O2/c1-27-18-6-4-17(5-7-18)25-12-8-19(23-25)20(26)24-13-10-21(11-14-24)9-2-3-16(21)15-22/h4-8,12,16H,2-3,9-11,13-15,22H2,1H3. The number of nitrogens with zero attached hydrogens (tertiary/aromatic N) is 3. The zero-order chi connectivity index (χ0) is 18.9. The lowest BCUT2D eigenvalue weighted by atomic mass is 9.70. The molecule has 2 aromatic rings. The highest BCUT2D eigenvalue weighted by atomic mass is 16.5. The number of amides is 1. The Bertz CT molecular complexity index is 791. The van der Waals surface area contributed by atoms with E-state index in [1.54, 1.807) is 17.9 Å². The second-order valence-corrected chi connectivity index (χ2v) is 7.82. The van der Waals surface area contributed by atoms with Crippen molar-refractivity contribution in [2.75, 3.05) is 26.7 Å². The van der Waals surface area contributed by atoms with Gasteiger partial charge in [-0.05, 0) is 73.9 Å². The van der Waals surface area contributed by atoms with Crippen molar-refractivity contribution >= 4 is 5.91 Å². The molecule has 0 radical (unpaired) electrons. The molecule has 1 atom stereocenters. The highest BCUT2D eigenvalue weighted by Gasteiger charge is 2.44. The van der Waals surface area contributed by atoms with Gasteiger partial charge in [-0.2, -0.15) is 5.10 Å². The lowest BCUT2D eigenvalue weighted by Crippen LogP contribution is -2.46. The number of benzene rings is 1. The van der Waals surface area contributed by atoms with Crippen LogP contribution >= 0.6 is 0 Å². The van der Waals surface area contributed by atoms with Crippen LogP contribution in [0.5, 0.6) is 5.75 Å². The van der Waals surface area contributed by atoms with Gasteiger partial charge in [0, 0.05) is 19.3 Å². The molecule has 144 valence electrons. The summed E-state index contributed by atoms with van der Waals surface area (Å²) >= 11 is 0. The summed E-state index contributed by atoms with van der Waals surface area (Å²) in [7, 11) is 1.64. The third-order valence-corrected chi connectivity index (χ3v) is 6.57. The van der Waals surface area contributed by atoms with Gasteiger partial charge in [0.25, 0.3) is 5.91 Å². The third-order valence-electron chi connectivity index (χ3n) is 6.57. The Hall–Kier alpha value is -2.34. The summed E-state index contributed by atoms with van der Waals surface area (Å²) in [6, 6.07) is 9.43. The maximum Gasteiger partial charge on any atom is 0.274 e. The highest BCUT2D eigenvalue weighted by Crippen LogP contribution is 2.50. The zero-order valence-corrected chi connectivity index (χ0v) is 15.9. The van der Waals surface area contributed by atoms with Crippen LogP contribution in [0, 0.1) is 11.3 Å². The third kappa shape index (κ3) is 3.34. The number of ether oxygens (including phenoxy) is 1. The van der Waals surface area contributed by atoms with Crippen LogP contribution in [0.4, 0.5) is 0 Å². The van der Waals surface area contributed by atoms with Crippen LogP contribution in [0.3, 0.4) is 0 Å². The molecule has 1 unspecified atom stereocenters. The van der Waals surface area contributed by atoms with Crippen LogP contribution in [0.1, 0.15) is 42.6 Å². The van der Waals surface area contributed by atoms with E-state index < -0.39 is 0 Å². The van der Waals surface area contributed by atoms with Gasteiger partial charge in [-0.1, -0.05) is 6.42 Å². The Kier molecular flexibility index (Phi) is 4.91. The molecular formula is C21H28N4O2. The Labute approximate surface area is 160 Å². The molecule has 2 fully saturated rings. The molecule has 1 aromatic carbocycles. The monoisotopic (exact) mass is 368 g/mol. The summed E-state index contributed by atoms with van der Waals surface area (Å²) in [5.41, 5.74) is 7.78. The molecule has 27 heavy (non-hydrogen) atoms. The topological polar surface area (TPSA) is 73.4 Å². The number of carbonyl (C=O) groups is 1. The van der Waals surface area contributed by atoms with Gasteiger partial charge in [0.2, 0.25) is 0 Å². The number of rotatable bonds is 4. The predicted octanol–water partition coefficient (Wildman–Crippen LogP) is 2.86. The van der Waals surface area contributed by atoms with Gasteiger partial charge in [-0.15, -0.1) is 0 Å². The van der Waals surface area contributed by atoms with Crippen molar-refractivity contribution in [3.8, 4) is 11.4 Å². The molecule has 6 heteroatoms. The number of hydrogen-bond acceptors (Lipinski definition) is 4. The number of piperidine rings is 1. The Morgan fingerprint density at radius 3 is 2.63 bits per heavy atom. The highest BCUT2D eigenvalue weighted by molar-refractivity contribution is 5.92. The largest absolute Gasteiger partial charge is 0.497 e. The summed E-state index contributed by atoms with van der Waals surface area (Å²) in [4.78, 5) is 14.9. The van der Waals surface area contributed by atoms with E-state index in [4.69, 9.17) is 10.5 Å².